The van der Waals surface area contributed by atoms with Crippen LogP contribution in [0.3, 0.4) is 0 Å². The Morgan fingerprint density at radius 1 is 1.00 bits per heavy atom. The molecule has 0 aromatic carbocycles. The normalized spacial score (nSPS) is 24.2. The highest BCUT2D eigenvalue weighted by Gasteiger charge is 2.16. The summed E-state index contributed by atoms with van der Waals surface area (Å²) in [6, 6.07) is 1.39. The van der Waals surface area contributed by atoms with Crippen LogP contribution >= 0.6 is 0 Å². The van der Waals surface area contributed by atoms with Crippen LogP contribution in [-0.4, -0.2) is 37.1 Å². The largest absolute Gasteiger partial charge is 0.317 e. The Labute approximate surface area is 95.4 Å². The first kappa shape index (κ1) is 13.0. The molecule has 0 aromatic rings. The van der Waals surface area contributed by atoms with Crippen LogP contribution < -0.4 is 5.32 Å². The number of rotatable bonds is 4. The van der Waals surface area contributed by atoms with Crippen molar-refractivity contribution in [3.05, 3.63) is 0 Å². The van der Waals surface area contributed by atoms with Gasteiger partial charge in [0, 0.05) is 12.1 Å². The minimum Gasteiger partial charge on any atom is -0.317 e. The number of nitrogens with one attached hydrogen (secondary N) is 1. The Morgan fingerprint density at radius 3 is 2.07 bits per heavy atom. The second-order valence-corrected chi connectivity index (χ2v) is 5.08. The average molecular weight is 212 g/mol. The van der Waals surface area contributed by atoms with Crippen molar-refractivity contribution in [1.82, 2.24) is 10.2 Å². The van der Waals surface area contributed by atoms with Crippen molar-refractivity contribution in [3.63, 3.8) is 0 Å². The van der Waals surface area contributed by atoms with Crippen LogP contribution in [0.5, 0.6) is 0 Å². The summed E-state index contributed by atoms with van der Waals surface area (Å²) >= 11 is 0. The molecule has 0 saturated carbocycles. The maximum Gasteiger partial charge on any atom is 0.00816 e. The van der Waals surface area contributed by atoms with Gasteiger partial charge in [0.05, 0.1) is 0 Å². The number of hydrogen-bond donors (Lipinski definition) is 1. The summed E-state index contributed by atoms with van der Waals surface area (Å²) in [7, 11) is 2.06. The molecule has 1 aliphatic rings. The zero-order valence-corrected chi connectivity index (χ0v) is 10.8. The van der Waals surface area contributed by atoms with Crippen molar-refractivity contribution in [1.29, 1.82) is 0 Å². The summed E-state index contributed by atoms with van der Waals surface area (Å²) in [4.78, 5) is 2.69. The van der Waals surface area contributed by atoms with E-state index >= 15 is 0 Å². The topological polar surface area (TPSA) is 15.3 Å². The van der Waals surface area contributed by atoms with E-state index in [9.17, 15) is 0 Å². The quantitative estimate of drug-likeness (QED) is 0.770. The monoisotopic (exact) mass is 212 g/mol. The second kappa shape index (κ2) is 7.24. The van der Waals surface area contributed by atoms with E-state index < -0.39 is 0 Å². The molecule has 1 saturated heterocycles. The molecular formula is C13H28N2. The first-order valence-corrected chi connectivity index (χ1v) is 6.65. The first-order chi connectivity index (χ1) is 7.24. The Kier molecular flexibility index (Phi) is 6.26. The Bertz CT molecular complexity index is 151. The summed E-state index contributed by atoms with van der Waals surface area (Å²) in [5, 5.41) is 3.34. The molecular weight excluding hydrogens is 184 g/mol. The lowest BCUT2D eigenvalue weighted by Crippen LogP contribution is -2.39. The molecule has 0 spiro atoms. The highest BCUT2D eigenvalue weighted by atomic mass is 15.1. The molecule has 90 valence electrons. The van der Waals surface area contributed by atoms with Crippen molar-refractivity contribution in [3.8, 4) is 0 Å². The first-order valence-electron chi connectivity index (χ1n) is 6.65. The van der Waals surface area contributed by atoms with Gasteiger partial charge in [-0.05, 0) is 53.2 Å². The van der Waals surface area contributed by atoms with Crippen LogP contribution in [0.4, 0.5) is 0 Å². The fourth-order valence-corrected chi connectivity index (χ4v) is 2.49. The summed E-state index contributed by atoms with van der Waals surface area (Å²) < 4.78 is 0. The van der Waals surface area contributed by atoms with Gasteiger partial charge in [0.15, 0.2) is 0 Å². The van der Waals surface area contributed by atoms with E-state index in [0.29, 0.717) is 6.04 Å². The molecule has 1 N–H and O–H groups in total. The Balaban J connectivity index is 2.31. The summed E-state index contributed by atoms with van der Waals surface area (Å²) in [6.07, 6.45) is 8.40. The number of nitrogens with zero attached hydrogens (tertiary/aromatic N) is 1. The third-order valence-corrected chi connectivity index (χ3v) is 3.70. The van der Waals surface area contributed by atoms with E-state index in [1.54, 1.807) is 0 Å². The third kappa shape index (κ3) is 4.98. The van der Waals surface area contributed by atoms with Gasteiger partial charge in [-0.1, -0.05) is 19.3 Å². The predicted octanol–water partition coefficient (Wildman–Crippen LogP) is 2.64. The maximum absolute atomic E-state index is 3.34. The van der Waals surface area contributed by atoms with Gasteiger partial charge in [-0.15, -0.1) is 0 Å². The lowest BCUT2D eigenvalue weighted by atomic mass is 10.0. The Hall–Kier alpha value is -0.0800. The van der Waals surface area contributed by atoms with Gasteiger partial charge in [-0.2, -0.15) is 0 Å². The molecule has 0 bridgehead atoms. The molecule has 15 heavy (non-hydrogen) atoms. The SMILES string of the molecule is CNC(C)CC(C)N1CCCCCCC1. The lowest BCUT2D eigenvalue weighted by Gasteiger charge is -2.32. The molecule has 0 radical (unpaired) electrons. The van der Waals surface area contributed by atoms with E-state index in [1.807, 2.05) is 0 Å². The van der Waals surface area contributed by atoms with Gasteiger partial charge in [-0.3, -0.25) is 0 Å². The third-order valence-electron chi connectivity index (χ3n) is 3.70. The van der Waals surface area contributed by atoms with Crippen LogP contribution in [-0.2, 0) is 0 Å². The fraction of sp³-hybridized carbons (Fsp3) is 1.00. The van der Waals surface area contributed by atoms with Crippen LogP contribution in [0.2, 0.25) is 0 Å². The predicted molar refractivity (Wildman–Crippen MR) is 67.3 cm³/mol. The minimum atomic E-state index is 0.644. The average Bonchev–Trinajstić information content (AvgIpc) is 2.16. The van der Waals surface area contributed by atoms with E-state index in [4.69, 9.17) is 0 Å². The molecule has 0 aromatic heterocycles. The van der Waals surface area contributed by atoms with E-state index in [-0.39, 0.29) is 0 Å². The molecule has 0 amide bonds. The van der Waals surface area contributed by atoms with E-state index in [1.165, 1.54) is 51.6 Å². The van der Waals surface area contributed by atoms with Crippen molar-refractivity contribution in [2.24, 2.45) is 0 Å². The molecule has 2 unspecified atom stereocenters. The number of hydrogen-bond acceptors (Lipinski definition) is 2. The Morgan fingerprint density at radius 2 is 1.53 bits per heavy atom. The summed E-state index contributed by atoms with van der Waals surface area (Å²) in [6.45, 7) is 7.30. The van der Waals surface area contributed by atoms with Gasteiger partial charge >= 0.3 is 0 Å². The van der Waals surface area contributed by atoms with Gasteiger partial charge in [0.25, 0.3) is 0 Å². The van der Waals surface area contributed by atoms with Gasteiger partial charge in [0.2, 0.25) is 0 Å². The zero-order chi connectivity index (χ0) is 11.1. The second-order valence-electron chi connectivity index (χ2n) is 5.08. The van der Waals surface area contributed by atoms with E-state index in [0.717, 1.165) is 6.04 Å². The molecule has 1 fully saturated rings. The molecule has 1 heterocycles. The zero-order valence-electron chi connectivity index (χ0n) is 10.8. The molecule has 2 nitrogen and oxygen atoms in total. The molecule has 0 aliphatic carbocycles. The van der Waals surface area contributed by atoms with Crippen molar-refractivity contribution in [2.75, 3.05) is 20.1 Å². The van der Waals surface area contributed by atoms with Crippen LogP contribution in [0.1, 0.15) is 52.4 Å². The standard InChI is InChI=1S/C13H28N2/c1-12(14-3)11-13(2)15-9-7-5-4-6-8-10-15/h12-14H,4-11H2,1-3H3. The minimum absolute atomic E-state index is 0.644. The number of likely N-dealkylation sites (tertiary alicyclic amines) is 1. The van der Waals surface area contributed by atoms with Gasteiger partial charge < -0.3 is 10.2 Å². The lowest BCUT2D eigenvalue weighted by molar-refractivity contribution is 0.174. The van der Waals surface area contributed by atoms with Crippen LogP contribution in [0.25, 0.3) is 0 Å². The highest BCUT2D eigenvalue weighted by Crippen LogP contribution is 2.15. The van der Waals surface area contributed by atoms with Gasteiger partial charge in [0.1, 0.15) is 0 Å². The summed E-state index contributed by atoms with van der Waals surface area (Å²) in [5.74, 6) is 0. The van der Waals surface area contributed by atoms with Crippen molar-refractivity contribution >= 4 is 0 Å². The highest BCUT2D eigenvalue weighted by molar-refractivity contribution is 4.73. The fourth-order valence-electron chi connectivity index (χ4n) is 2.49. The molecule has 2 atom stereocenters. The summed E-state index contributed by atoms with van der Waals surface area (Å²) in [5.41, 5.74) is 0. The van der Waals surface area contributed by atoms with Gasteiger partial charge in [-0.25, -0.2) is 0 Å². The van der Waals surface area contributed by atoms with Crippen molar-refractivity contribution < 1.29 is 0 Å². The van der Waals surface area contributed by atoms with E-state index in [2.05, 4.69) is 31.1 Å². The van der Waals surface area contributed by atoms with Crippen molar-refractivity contribution in [2.45, 2.75) is 64.5 Å². The van der Waals surface area contributed by atoms with Crippen LogP contribution in [0, 0.1) is 0 Å². The maximum atomic E-state index is 3.34. The molecule has 1 rings (SSSR count). The molecule has 1 aliphatic heterocycles. The smallest absolute Gasteiger partial charge is 0.00816 e. The van der Waals surface area contributed by atoms with Crippen LogP contribution in [0.15, 0.2) is 0 Å². The molecule has 2 heteroatoms.